The molecule has 1 aromatic rings. The molecule has 0 fully saturated rings. The summed E-state index contributed by atoms with van der Waals surface area (Å²) in [5.74, 6) is -0.292. The lowest BCUT2D eigenvalue weighted by Gasteiger charge is -2.02. The Morgan fingerprint density at radius 3 is 2.57 bits per heavy atom. The number of carbonyl (C=O) groups excluding carboxylic acids is 1. The fourth-order valence-electron chi connectivity index (χ4n) is 0.970. The van der Waals surface area contributed by atoms with Crippen LogP contribution in [0.5, 0.6) is 0 Å². The molecule has 0 saturated carbocycles. The highest BCUT2D eigenvalue weighted by Gasteiger charge is 2.04. The van der Waals surface area contributed by atoms with Crippen molar-refractivity contribution < 1.29 is 9.53 Å². The summed E-state index contributed by atoms with van der Waals surface area (Å²) >= 11 is 3.18. The van der Waals surface area contributed by atoms with E-state index >= 15 is 0 Å². The predicted octanol–water partition coefficient (Wildman–Crippen LogP) is 2.88. The minimum Gasteiger partial charge on any atom is -0.461 e. The van der Waals surface area contributed by atoms with Crippen LogP contribution >= 0.6 is 15.9 Å². The van der Waals surface area contributed by atoms with Crippen molar-refractivity contribution in [3.8, 4) is 0 Å². The molecule has 0 aromatic heterocycles. The molecule has 0 atom stereocenters. The fraction of sp³-hybridized carbons (Fsp3) is 0.182. The van der Waals surface area contributed by atoms with Crippen molar-refractivity contribution in [1.82, 2.24) is 0 Å². The maximum absolute atomic E-state index is 11.3. The van der Waals surface area contributed by atoms with E-state index in [1.165, 1.54) is 0 Å². The van der Waals surface area contributed by atoms with Gasteiger partial charge in [0.25, 0.3) is 0 Å². The third-order valence-electron chi connectivity index (χ3n) is 1.69. The number of benzene rings is 1. The molecule has 0 amide bonds. The largest absolute Gasteiger partial charge is 0.461 e. The zero-order valence-electron chi connectivity index (χ0n) is 7.70. The summed E-state index contributed by atoms with van der Waals surface area (Å²) < 4.78 is 4.94. The summed E-state index contributed by atoms with van der Waals surface area (Å²) in [4.78, 5) is 11.3. The SMILES string of the molecule is C=Cc1ccc(C(=O)OCCBr)cc1. The lowest BCUT2D eigenvalue weighted by atomic mass is 10.1. The van der Waals surface area contributed by atoms with E-state index < -0.39 is 0 Å². The van der Waals surface area contributed by atoms with Gasteiger partial charge in [-0.2, -0.15) is 0 Å². The topological polar surface area (TPSA) is 26.3 Å². The molecular formula is C11H11BrO2. The quantitative estimate of drug-likeness (QED) is 0.610. The molecule has 14 heavy (non-hydrogen) atoms. The minimum atomic E-state index is -0.292. The van der Waals surface area contributed by atoms with Crippen molar-refractivity contribution in [2.75, 3.05) is 11.9 Å². The predicted molar refractivity (Wildman–Crippen MR) is 60.6 cm³/mol. The van der Waals surface area contributed by atoms with Crippen molar-refractivity contribution >= 4 is 28.0 Å². The van der Waals surface area contributed by atoms with E-state index in [0.717, 1.165) is 5.56 Å². The van der Waals surface area contributed by atoms with Crippen molar-refractivity contribution in [2.24, 2.45) is 0 Å². The Bertz CT molecular complexity index is 317. The van der Waals surface area contributed by atoms with Crippen LogP contribution in [0.2, 0.25) is 0 Å². The van der Waals surface area contributed by atoms with Crippen LogP contribution in [0.15, 0.2) is 30.8 Å². The Balaban J connectivity index is 2.66. The first-order valence-corrected chi connectivity index (χ1v) is 5.35. The summed E-state index contributed by atoms with van der Waals surface area (Å²) in [6.45, 7) is 4.02. The number of rotatable bonds is 4. The van der Waals surface area contributed by atoms with E-state index in [-0.39, 0.29) is 5.97 Å². The van der Waals surface area contributed by atoms with E-state index in [2.05, 4.69) is 22.5 Å². The number of esters is 1. The van der Waals surface area contributed by atoms with Gasteiger partial charge in [-0.3, -0.25) is 0 Å². The number of hydrogen-bond acceptors (Lipinski definition) is 2. The van der Waals surface area contributed by atoms with Gasteiger partial charge in [0, 0.05) is 5.33 Å². The highest BCUT2D eigenvalue weighted by Crippen LogP contribution is 2.06. The second kappa shape index (κ2) is 5.60. The third kappa shape index (κ3) is 3.00. The van der Waals surface area contributed by atoms with Crippen LogP contribution in [-0.4, -0.2) is 17.9 Å². The molecule has 0 N–H and O–H groups in total. The zero-order valence-corrected chi connectivity index (χ0v) is 9.29. The summed E-state index contributed by atoms with van der Waals surface area (Å²) in [6, 6.07) is 7.12. The average molecular weight is 255 g/mol. The second-order valence-electron chi connectivity index (χ2n) is 2.65. The van der Waals surface area contributed by atoms with E-state index in [0.29, 0.717) is 17.5 Å². The van der Waals surface area contributed by atoms with E-state index in [1.54, 1.807) is 18.2 Å². The molecule has 74 valence electrons. The van der Waals surface area contributed by atoms with E-state index in [1.807, 2.05) is 12.1 Å². The van der Waals surface area contributed by atoms with Gasteiger partial charge in [-0.15, -0.1) is 0 Å². The molecule has 3 heteroatoms. The highest BCUT2D eigenvalue weighted by atomic mass is 79.9. The van der Waals surface area contributed by atoms with Crippen LogP contribution < -0.4 is 0 Å². The Labute approximate surface area is 91.7 Å². The van der Waals surface area contributed by atoms with Crippen LogP contribution in [0.4, 0.5) is 0 Å². The van der Waals surface area contributed by atoms with Crippen LogP contribution in [0.3, 0.4) is 0 Å². The molecule has 0 aliphatic carbocycles. The number of halogens is 1. The first-order valence-electron chi connectivity index (χ1n) is 4.23. The molecule has 0 radical (unpaired) electrons. The molecule has 0 saturated heterocycles. The molecule has 0 bridgehead atoms. The molecule has 2 nitrogen and oxygen atoms in total. The molecule has 0 spiro atoms. The van der Waals surface area contributed by atoms with Crippen LogP contribution in [-0.2, 0) is 4.74 Å². The smallest absolute Gasteiger partial charge is 0.338 e. The van der Waals surface area contributed by atoms with Gasteiger partial charge in [-0.25, -0.2) is 4.79 Å². The number of carbonyl (C=O) groups is 1. The normalized spacial score (nSPS) is 9.50. The average Bonchev–Trinajstić information content (AvgIpc) is 2.26. The first kappa shape index (κ1) is 11.0. The third-order valence-corrected chi connectivity index (χ3v) is 2.02. The number of hydrogen-bond donors (Lipinski definition) is 0. The minimum absolute atomic E-state index is 0.292. The van der Waals surface area contributed by atoms with Gasteiger partial charge >= 0.3 is 5.97 Å². The van der Waals surface area contributed by atoms with Crippen molar-refractivity contribution in [1.29, 1.82) is 0 Å². The zero-order chi connectivity index (χ0) is 10.4. The first-order chi connectivity index (χ1) is 6.77. The Kier molecular flexibility index (Phi) is 4.40. The molecule has 0 aliphatic rings. The second-order valence-corrected chi connectivity index (χ2v) is 3.44. The Morgan fingerprint density at radius 2 is 2.07 bits per heavy atom. The van der Waals surface area contributed by atoms with Crippen molar-refractivity contribution in [2.45, 2.75) is 0 Å². The van der Waals surface area contributed by atoms with Crippen molar-refractivity contribution in [3.63, 3.8) is 0 Å². The number of alkyl halides is 1. The van der Waals surface area contributed by atoms with Crippen LogP contribution in [0.25, 0.3) is 6.08 Å². The summed E-state index contributed by atoms with van der Waals surface area (Å²) in [5, 5.41) is 0.656. The van der Waals surface area contributed by atoms with E-state index in [4.69, 9.17) is 4.74 Å². The summed E-state index contributed by atoms with van der Waals surface area (Å²) in [7, 11) is 0. The van der Waals surface area contributed by atoms with E-state index in [9.17, 15) is 4.79 Å². The molecular weight excluding hydrogens is 244 g/mol. The van der Waals surface area contributed by atoms with Gasteiger partial charge in [0.2, 0.25) is 0 Å². The van der Waals surface area contributed by atoms with Gasteiger partial charge < -0.3 is 4.74 Å². The lowest BCUT2D eigenvalue weighted by molar-refractivity contribution is 0.0531. The molecule has 0 heterocycles. The molecule has 0 unspecified atom stereocenters. The van der Waals surface area contributed by atoms with Gasteiger partial charge in [0.1, 0.15) is 6.61 Å². The van der Waals surface area contributed by atoms with Crippen LogP contribution in [0.1, 0.15) is 15.9 Å². The summed E-state index contributed by atoms with van der Waals surface area (Å²) in [6.07, 6.45) is 1.73. The Morgan fingerprint density at radius 1 is 1.43 bits per heavy atom. The standard InChI is InChI=1S/C11H11BrO2/c1-2-9-3-5-10(6-4-9)11(13)14-8-7-12/h2-6H,1,7-8H2. The van der Waals surface area contributed by atoms with Gasteiger partial charge in [-0.1, -0.05) is 40.7 Å². The number of ether oxygens (including phenoxy) is 1. The summed E-state index contributed by atoms with van der Waals surface area (Å²) in [5.41, 5.74) is 1.55. The van der Waals surface area contributed by atoms with Gasteiger partial charge in [0.15, 0.2) is 0 Å². The highest BCUT2D eigenvalue weighted by molar-refractivity contribution is 9.09. The molecule has 1 aromatic carbocycles. The van der Waals surface area contributed by atoms with Crippen LogP contribution in [0, 0.1) is 0 Å². The fourth-order valence-corrected chi connectivity index (χ4v) is 1.13. The monoisotopic (exact) mass is 254 g/mol. The van der Waals surface area contributed by atoms with Crippen molar-refractivity contribution in [3.05, 3.63) is 42.0 Å². The van der Waals surface area contributed by atoms with Gasteiger partial charge in [0.05, 0.1) is 5.56 Å². The molecule has 0 aliphatic heterocycles. The molecule has 1 rings (SSSR count). The maximum Gasteiger partial charge on any atom is 0.338 e. The Hall–Kier alpha value is -1.09. The lowest BCUT2D eigenvalue weighted by Crippen LogP contribution is -2.06. The maximum atomic E-state index is 11.3. The van der Waals surface area contributed by atoms with Gasteiger partial charge in [-0.05, 0) is 17.7 Å².